The number of H-pyrrole nitrogens is 1. The second-order valence-electron chi connectivity index (χ2n) is 5.77. The molecule has 132 valence electrons. The van der Waals surface area contributed by atoms with Crippen LogP contribution in [0.25, 0.3) is 11.2 Å². The van der Waals surface area contributed by atoms with E-state index >= 15 is 0 Å². The van der Waals surface area contributed by atoms with E-state index in [1.54, 1.807) is 49.1 Å². The molecule has 0 aliphatic rings. The Balaban J connectivity index is 1.81. The van der Waals surface area contributed by atoms with Gasteiger partial charge in [0.25, 0.3) is 0 Å². The van der Waals surface area contributed by atoms with Crippen LogP contribution in [0.4, 0.5) is 5.69 Å². The fourth-order valence-electron chi connectivity index (χ4n) is 2.73. The molecule has 0 atom stereocenters. The predicted molar refractivity (Wildman–Crippen MR) is 104 cm³/mol. The van der Waals surface area contributed by atoms with E-state index in [0.29, 0.717) is 44.5 Å². The van der Waals surface area contributed by atoms with Gasteiger partial charge in [0.15, 0.2) is 11.1 Å². The number of hydrogen-bond acceptors (Lipinski definition) is 4. The highest BCUT2D eigenvalue weighted by Crippen LogP contribution is 2.25. The lowest BCUT2D eigenvalue weighted by Crippen LogP contribution is -2.14. The first-order valence-electron chi connectivity index (χ1n) is 8.02. The van der Waals surface area contributed by atoms with Crippen molar-refractivity contribution in [1.29, 1.82) is 5.26 Å². The van der Waals surface area contributed by atoms with Crippen molar-refractivity contribution >= 4 is 40.1 Å². The van der Waals surface area contributed by atoms with Gasteiger partial charge in [0.05, 0.1) is 36.5 Å². The highest BCUT2D eigenvalue weighted by atomic mass is 35.5. The molecule has 6 nitrogen and oxygen atoms in total. The minimum atomic E-state index is 0.428. The van der Waals surface area contributed by atoms with E-state index < -0.39 is 0 Å². The fraction of sp³-hybridized carbons (Fsp3) is 0.0526. The van der Waals surface area contributed by atoms with E-state index in [4.69, 9.17) is 28.5 Å². The summed E-state index contributed by atoms with van der Waals surface area (Å²) in [7, 11) is 0. The zero-order valence-corrected chi connectivity index (χ0v) is 15.4. The van der Waals surface area contributed by atoms with Gasteiger partial charge in [-0.25, -0.2) is 15.0 Å². The molecule has 0 saturated carbocycles. The van der Waals surface area contributed by atoms with Crippen molar-refractivity contribution in [3.05, 3.63) is 81.8 Å². The zero-order valence-electron chi connectivity index (χ0n) is 13.9. The van der Waals surface area contributed by atoms with E-state index in [0.717, 1.165) is 5.56 Å². The average Bonchev–Trinajstić information content (AvgIpc) is 3.17. The molecular weight excluding hydrogens is 383 g/mol. The first-order chi connectivity index (χ1) is 13.2. The minimum Gasteiger partial charge on any atom is -0.340 e. The van der Waals surface area contributed by atoms with Crippen LogP contribution in [0, 0.1) is 11.3 Å². The molecule has 0 aliphatic heterocycles. The van der Waals surface area contributed by atoms with Crippen LogP contribution in [0.2, 0.25) is 10.0 Å². The van der Waals surface area contributed by atoms with Gasteiger partial charge in [-0.1, -0.05) is 35.3 Å². The van der Waals surface area contributed by atoms with Crippen LogP contribution < -0.4 is 5.49 Å². The van der Waals surface area contributed by atoms with Crippen molar-refractivity contribution < 1.29 is 0 Å². The van der Waals surface area contributed by atoms with Crippen LogP contribution in [0.1, 0.15) is 11.1 Å². The Kier molecular flexibility index (Phi) is 4.63. The summed E-state index contributed by atoms with van der Waals surface area (Å²) in [5.74, 6) is 0. The SMILES string of the molecule is N#Cc1cccc(N=c2ncn(Cc3c(Cl)cccc3Cl)c3nc[nH]c23)c1. The Bertz CT molecular complexity index is 1230. The standard InChI is InChI=1S/C19H12Cl2N6/c20-15-5-2-6-16(21)14(15)9-27-11-25-18(17-19(27)24-10-23-17)26-13-4-1-3-12(7-13)8-22/h1-7,10-11H,9H2,(H,23,24). The number of hydrogen-bond donors (Lipinski definition) is 1. The Morgan fingerprint density at radius 2 is 1.89 bits per heavy atom. The smallest absolute Gasteiger partial charge is 0.181 e. The molecule has 0 aliphatic carbocycles. The van der Waals surface area contributed by atoms with E-state index in [9.17, 15) is 0 Å². The summed E-state index contributed by atoms with van der Waals surface area (Å²) >= 11 is 12.6. The summed E-state index contributed by atoms with van der Waals surface area (Å²) in [6, 6.07) is 14.5. The van der Waals surface area contributed by atoms with Crippen molar-refractivity contribution in [2.75, 3.05) is 0 Å². The van der Waals surface area contributed by atoms with Crippen molar-refractivity contribution in [1.82, 2.24) is 19.5 Å². The Hall–Kier alpha value is -3.14. The summed E-state index contributed by atoms with van der Waals surface area (Å²) in [6.45, 7) is 0.428. The molecule has 27 heavy (non-hydrogen) atoms. The molecule has 0 saturated heterocycles. The van der Waals surface area contributed by atoms with Crippen LogP contribution in [-0.4, -0.2) is 19.5 Å². The molecule has 0 unspecified atom stereocenters. The van der Waals surface area contributed by atoms with Gasteiger partial charge in [0.1, 0.15) is 5.52 Å². The lowest BCUT2D eigenvalue weighted by Gasteiger charge is -2.10. The zero-order chi connectivity index (χ0) is 18.8. The molecule has 2 heterocycles. The van der Waals surface area contributed by atoms with E-state index in [1.807, 2.05) is 10.6 Å². The molecule has 1 N–H and O–H groups in total. The average molecular weight is 395 g/mol. The topological polar surface area (TPSA) is 82.7 Å². The number of rotatable bonds is 3. The maximum atomic E-state index is 9.04. The van der Waals surface area contributed by atoms with Crippen molar-refractivity contribution in [3.8, 4) is 6.07 Å². The number of fused-ring (bicyclic) bond motifs is 1. The lowest BCUT2D eigenvalue weighted by atomic mass is 10.2. The van der Waals surface area contributed by atoms with Crippen molar-refractivity contribution in [2.45, 2.75) is 6.54 Å². The van der Waals surface area contributed by atoms with Gasteiger partial charge in [0, 0.05) is 15.6 Å². The molecule has 0 bridgehead atoms. The minimum absolute atomic E-state index is 0.428. The molecule has 2 aromatic heterocycles. The van der Waals surface area contributed by atoms with Crippen LogP contribution in [0.5, 0.6) is 0 Å². The number of nitrogens with zero attached hydrogens (tertiary/aromatic N) is 5. The number of nitrogens with one attached hydrogen (secondary N) is 1. The fourth-order valence-corrected chi connectivity index (χ4v) is 3.25. The maximum absolute atomic E-state index is 9.04. The van der Waals surface area contributed by atoms with Gasteiger partial charge in [0.2, 0.25) is 0 Å². The first-order valence-corrected chi connectivity index (χ1v) is 8.77. The van der Waals surface area contributed by atoms with Crippen molar-refractivity contribution in [3.63, 3.8) is 0 Å². The number of aromatic nitrogens is 4. The lowest BCUT2D eigenvalue weighted by molar-refractivity contribution is 0.786. The maximum Gasteiger partial charge on any atom is 0.181 e. The number of aromatic amines is 1. The van der Waals surface area contributed by atoms with Crippen LogP contribution in [0.15, 0.2) is 60.1 Å². The second kappa shape index (κ2) is 7.23. The monoisotopic (exact) mass is 394 g/mol. The van der Waals surface area contributed by atoms with Crippen LogP contribution >= 0.6 is 23.2 Å². The third-order valence-corrected chi connectivity index (χ3v) is 4.74. The third-order valence-electron chi connectivity index (χ3n) is 4.03. The number of halogens is 2. The predicted octanol–water partition coefficient (Wildman–Crippen LogP) is 4.22. The van der Waals surface area contributed by atoms with Gasteiger partial charge in [-0.05, 0) is 30.3 Å². The normalized spacial score (nSPS) is 11.7. The largest absolute Gasteiger partial charge is 0.340 e. The van der Waals surface area contributed by atoms with Gasteiger partial charge >= 0.3 is 0 Å². The Labute approximate surface area is 164 Å². The molecule has 0 amide bonds. The highest BCUT2D eigenvalue weighted by molar-refractivity contribution is 6.36. The second-order valence-corrected chi connectivity index (χ2v) is 6.59. The summed E-state index contributed by atoms with van der Waals surface area (Å²) in [4.78, 5) is 16.4. The molecule has 4 rings (SSSR count). The molecule has 0 fully saturated rings. The molecular formula is C19H12Cl2N6. The number of benzene rings is 2. The summed E-state index contributed by atoms with van der Waals surface area (Å²) in [5.41, 5.74) is 3.82. The third kappa shape index (κ3) is 3.43. The molecule has 0 radical (unpaired) electrons. The van der Waals surface area contributed by atoms with Gasteiger partial charge < -0.3 is 9.55 Å². The van der Waals surface area contributed by atoms with E-state index in [2.05, 4.69) is 26.0 Å². The highest BCUT2D eigenvalue weighted by Gasteiger charge is 2.10. The molecule has 8 heteroatoms. The van der Waals surface area contributed by atoms with Gasteiger partial charge in [-0.3, -0.25) is 0 Å². The molecule has 0 spiro atoms. The van der Waals surface area contributed by atoms with Gasteiger partial charge in [-0.2, -0.15) is 5.26 Å². The molecule has 2 aromatic carbocycles. The van der Waals surface area contributed by atoms with E-state index in [-0.39, 0.29) is 0 Å². The van der Waals surface area contributed by atoms with Crippen LogP contribution in [0.3, 0.4) is 0 Å². The van der Waals surface area contributed by atoms with Crippen molar-refractivity contribution in [2.24, 2.45) is 4.99 Å². The first kappa shape index (κ1) is 17.3. The summed E-state index contributed by atoms with van der Waals surface area (Å²) in [6.07, 6.45) is 3.23. The molecule has 4 aromatic rings. The van der Waals surface area contributed by atoms with E-state index in [1.165, 1.54) is 0 Å². The number of nitriles is 1. The summed E-state index contributed by atoms with van der Waals surface area (Å²) in [5, 5.41) is 10.2. The summed E-state index contributed by atoms with van der Waals surface area (Å²) < 4.78 is 1.85. The Morgan fingerprint density at radius 1 is 1.11 bits per heavy atom. The van der Waals surface area contributed by atoms with Gasteiger partial charge in [-0.15, -0.1) is 0 Å². The quantitative estimate of drug-likeness (QED) is 0.564. The number of imidazole rings is 1. The van der Waals surface area contributed by atoms with Crippen LogP contribution in [-0.2, 0) is 6.54 Å². The Morgan fingerprint density at radius 3 is 2.67 bits per heavy atom.